The van der Waals surface area contributed by atoms with Crippen LogP contribution in [0.1, 0.15) is 42.1 Å². The monoisotopic (exact) mass is 470 g/mol. The van der Waals surface area contributed by atoms with Gasteiger partial charge in [0.25, 0.3) is 0 Å². The Morgan fingerprint density at radius 1 is 1.09 bits per heavy atom. The number of carbonyl (C=O) groups excluding carboxylic acids is 1. The molecule has 3 aromatic rings. The van der Waals surface area contributed by atoms with Crippen molar-refractivity contribution in [2.75, 3.05) is 12.4 Å². The largest absolute Gasteiger partial charge is 0.485 e. The number of fused-ring (bicyclic) bond motifs is 1. The second kappa shape index (κ2) is 10.2. The van der Waals surface area contributed by atoms with Crippen LogP contribution in [0.25, 0.3) is 0 Å². The summed E-state index contributed by atoms with van der Waals surface area (Å²) in [4.78, 5) is 15.3. The number of para-hydroxylation sites is 1. The highest BCUT2D eigenvalue weighted by molar-refractivity contribution is 5.90. The van der Waals surface area contributed by atoms with Crippen LogP contribution in [0.2, 0.25) is 0 Å². The van der Waals surface area contributed by atoms with Gasteiger partial charge in [-0.05, 0) is 56.3 Å². The fraction of sp³-hybridized carbons (Fsp3) is 0.286. The molecule has 4 rings (SSSR count). The Labute approximate surface area is 206 Å². The van der Waals surface area contributed by atoms with Gasteiger partial charge in [-0.15, -0.1) is 0 Å². The number of ether oxygens (including phenoxy) is 1. The first-order chi connectivity index (χ1) is 16.8. The number of benzene rings is 3. The molecule has 0 aromatic heterocycles. The highest BCUT2D eigenvalue weighted by atomic mass is 16.5. The predicted octanol–water partition coefficient (Wildman–Crippen LogP) is 4.58. The van der Waals surface area contributed by atoms with Crippen LogP contribution in [0.5, 0.6) is 5.75 Å². The van der Waals surface area contributed by atoms with Gasteiger partial charge in [-0.2, -0.15) is 5.26 Å². The first-order valence-corrected chi connectivity index (χ1v) is 11.6. The third-order valence-corrected chi connectivity index (χ3v) is 6.16. The molecular weight excluding hydrogens is 440 g/mol. The summed E-state index contributed by atoms with van der Waals surface area (Å²) in [6, 6.07) is 23.8. The summed E-state index contributed by atoms with van der Waals surface area (Å²) < 4.78 is 5.94. The van der Waals surface area contributed by atoms with E-state index in [1.165, 1.54) is 5.56 Å². The highest BCUT2D eigenvalue weighted by Gasteiger charge is 2.43. The summed E-state index contributed by atoms with van der Waals surface area (Å²) >= 11 is 0. The molecule has 35 heavy (non-hydrogen) atoms. The molecule has 1 aliphatic rings. The van der Waals surface area contributed by atoms with E-state index in [0.717, 1.165) is 12.1 Å². The lowest BCUT2D eigenvalue weighted by Crippen LogP contribution is -2.54. The predicted molar refractivity (Wildman–Crippen MR) is 135 cm³/mol. The van der Waals surface area contributed by atoms with E-state index in [-0.39, 0.29) is 0 Å². The van der Waals surface area contributed by atoms with E-state index in [9.17, 15) is 15.2 Å². The average molecular weight is 471 g/mol. The number of aliphatic hydroxyl groups excluding tert-OH is 1. The molecule has 7 heteroatoms. The smallest absolute Gasteiger partial charge is 0.319 e. The summed E-state index contributed by atoms with van der Waals surface area (Å²) in [7, 11) is 2.04. The van der Waals surface area contributed by atoms with Crippen LogP contribution in [-0.2, 0) is 13.1 Å². The van der Waals surface area contributed by atoms with E-state index >= 15 is 0 Å². The molecule has 3 N–H and O–H groups in total. The number of hydrogen-bond acceptors (Lipinski definition) is 5. The molecule has 2 amide bonds. The molecule has 0 aliphatic carbocycles. The molecule has 0 fully saturated rings. The van der Waals surface area contributed by atoms with E-state index in [0.29, 0.717) is 29.1 Å². The lowest BCUT2D eigenvalue weighted by atomic mass is 9.86. The summed E-state index contributed by atoms with van der Waals surface area (Å²) in [6.45, 7) is 4.96. The van der Waals surface area contributed by atoms with Gasteiger partial charge in [-0.3, -0.25) is 4.90 Å². The second-order valence-corrected chi connectivity index (χ2v) is 9.41. The van der Waals surface area contributed by atoms with Crippen LogP contribution in [0.4, 0.5) is 10.5 Å². The summed E-state index contributed by atoms with van der Waals surface area (Å²) in [5.74, 6) is 0.535. The zero-order valence-corrected chi connectivity index (χ0v) is 20.2. The van der Waals surface area contributed by atoms with Gasteiger partial charge in [0, 0.05) is 24.3 Å². The molecule has 0 bridgehead atoms. The van der Waals surface area contributed by atoms with Crippen molar-refractivity contribution >= 4 is 11.7 Å². The van der Waals surface area contributed by atoms with Crippen molar-refractivity contribution in [2.45, 2.75) is 44.7 Å². The van der Waals surface area contributed by atoms with E-state index in [1.807, 2.05) is 49.5 Å². The summed E-state index contributed by atoms with van der Waals surface area (Å²) in [6.07, 6.45) is -1.01. The minimum absolute atomic E-state index is 0.429. The Kier molecular flexibility index (Phi) is 7.06. The number of rotatable bonds is 6. The number of amides is 2. The molecule has 0 saturated heterocycles. The number of urea groups is 1. The van der Waals surface area contributed by atoms with Gasteiger partial charge >= 0.3 is 6.03 Å². The Morgan fingerprint density at radius 3 is 2.54 bits per heavy atom. The maximum Gasteiger partial charge on any atom is 0.319 e. The Bertz CT molecular complexity index is 1240. The number of nitrogens with one attached hydrogen (secondary N) is 2. The highest BCUT2D eigenvalue weighted by Crippen LogP contribution is 2.40. The number of hydrogen-bond donors (Lipinski definition) is 3. The minimum Gasteiger partial charge on any atom is -0.485 e. The average Bonchev–Trinajstić information content (AvgIpc) is 2.83. The topological polar surface area (TPSA) is 97.6 Å². The fourth-order valence-corrected chi connectivity index (χ4v) is 4.35. The van der Waals surface area contributed by atoms with Crippen molar-refractivity contribution in [3.63, 3.8) is 0 Å². The molecule has 2 atom stereocenters. The summed E-state index contributed by atoms with van der Waals surface area (Å²) in [5, 5.41) is 26.1. The standard InChI is InChI=1S/C28H30N4O3/c1-28(2)26(33)25(22-15-20(16-29)13-14-24(22)35-28)31-27(34)30-23-12-8-7-11-21(23)18-32(3)17-19-9-5-4-6-10-19/h4-15,25-26,33H,17-18H2,1-3H3,(H2,30,31,34). The zero-order valence-electron chi connectivity index (χ0n) is 20.2. The van der Waals surface area contributed by atoms with Gasteiger partial charge in [0.05, 0.1) is 17.7 Å². The lowest BCUT2D eigenvalue weighted by molar-refractivity contribution is -0.0618. The molecule has 1 aliphatic heterocycles. The van der Waals surface area contributed by atoms with E-state index in [2.05, 4.69) is 33.7 Å². The molecule has 0 saturated carbocycles. The van der Waals surface area contributed by atoms with Crippen molar-refractivity contribution in [1.29, 1.82) is 5.26 Å². The molecule has 7 nitrogen and oxygen atoms in total. The molecular formula is C28H30N4O3. The second-order valence-electron chi connectivity index (χ2n) is 9.41. The van der Waals surface area contributed by atoms with Gasteiger partial charge in [0.1, 0.15) is 17.5 Å². The van der Waals surface area contributed by atoms with Crippen LogP contribution >= 0.6 is 0 Å². The maximum absolute atomic E-state index is 13.1. The minimum atomic E-state index is -1.01. The SMILES string of the molecule is CN(Cc1ccccc1)Cc1ccccc1NC(=O)NC1c2cc(C#N)ccc2OC(C)(C)C1O. The molecule has 0 spiro atoms. The van der Waals surface area contributed by atoms with E-state index < -0.39 is 23.8 Å². The Morgan fingerprint density at radius 2 is 1.80 bits per heavy atom. The van der Waals surface area contributed by atoms with Crippen LogP contribution in [0, 0.1) is 11.3 Å². The number of aliphatic hydroxyl groups is 1. The third kappa shape index (κ3) is 5.62. The number of nitriles is 1. The zero-order chi connectivity index (χ0) is 25.0. The van der Waals surface area contributed by atoms with Gasteiger partial charge in [0.2, 0.25) is 0 Å². The molecule has 3 aromatic carbocycles. The van der Waals surface area contributed by atoms with Crippen molar-refractivity contribution in [1.82, 2.24) is 10.2 Å². The third-order valence-electron chi connectivity index (χ3n) is 6.16. The van der Waals surface area contributed by atoms with Gasteiger partial charge < -0.3 is 20.5 Å². The van der Waals surface area contributed by atoms with Crippen LogP contribution in [0.15, 0.2) is 72.8 Å². The fourth-order valence-electron chi connectivity index (χ4n) is 4.35. The molecule has 2 unspecified atom stereocenters. The maximum atomic E-state index is 13.1. The first kappa shape index (κ1) is 24.3. The first-order valence-electron chi connectivity index (χ1n) is 11.6. The van der Waals surface area contributed by atoms with Crippen molar-refractivity contribution in [2.24, 2.45) is 0 Å². The van der Waals surface area contributed by atoms with E-state index in [1.54, 1.807) is 32.0 Å². The summed E-state index contributed by atoms with van der Waals surface area (Å²) in [5.41, 5.74) is 2.96. The number of nitrogens with zero attached hydrogens (tertiary/aromatic N) is 2. The number of anilines is 1. The van der Waals surface area contributed by atoms with E-state index in [4.69, 9.17) is 4.74 Å². The van der Waals surface area contributed by atoms with Crippen molar-refractivity contribution < 1.29 is 14.6 Å². The Balaban J connectivity index is 1.50. The molecule has 0 radical (unpaired) electrons. The van der Waals surface area contributed by atoms with Crippen molar-refractivity contribution in [3.05, 3.63) is 95.1 Å². The van der Waals surface area contributed by atoms with Crippen LogP contribution in [0.3, 0.4) is 0 Å². The van der Waals surface area contributed by atoms with Crippen LogP contribution in [-0.4, -0.2) is 34.8 Å². The quantitative estimate of drug-likeness (QED) is 0.490. The normalized spacial score (nSPS) is 18.2. The number of carbonyl (C=O) groups is 1. The molecule has 1 heterocycles. The lowest BCUT2D eigenvalue weighted by Gasteiger charge is -2.42. The Hall–Kier alpha value is -3.86. The van der Waals surface area contributed by atoms with Gasteiger partial charge in [-0.25, -0.2) is 4.79 Å². The van der Waals surface area contributed by atoms with Crippen LogP contribution < -0.4 is 15.4 Å². The van der Waals surface area contributed by atoms with Gasteiger partial charge in [-0.1, -0.05) is 48.5 Å². The molecule has 180 valence electrons. The van der Waals surface area contributed by atoms with Crippen molar-refractivity contribution in [3.8, 4) is 11.8 Å². The van der Waals surface area contributed by atoms with Gasteiger partial charge in [0.15, 0.2) is 0 Å².